The predicted octanol–water partition coefficient (Wildman–Crippen LogP) is 3.69. The van der Waals surface area contributed by atoms with Crippen molar-refractivity contribution in [2.45, 2.75) is 13.8 Å². The molecule has 0 atom stereocenters. The molecule has 29 heavy (non-hydrogen) atoms. The van der Waals surface area contributed by atoms with Gasteiger partial charge < -0.3 is 9.47 Å². The molecule has 0 aliphatic carbocycles. The largest absolute Gasteiger partial charge is 0.454 e. The Balaban J connectivity index is 1.45. The summed E-state index contributed by atoms with van der Waals surface area (Å²) in [4.78, 5) is 22.1. The summed E-state index contributed by atoms with van der Waals surface area (Å²) in [5.74, 6) is 1.19. The van der Waals surface area contributed by atoms with Crippen LogP contribution in [0.1, 0.15) is 21.7 Å². The van der Waals surface area contributed by atoms with Gasteiger partial charge in [0.15, 0.2) is 22.3 Å². The minimum Gasteiger partial charge on any atom is -0.454 e. The number of carbonyl (C=O) groups is 1. The van der Waals surface area contributed by atoms with Crippen LogP contribution in [-0.2, 0) is 7.05 Å². The van der Waals surface area contributed by atoms with E-state index in [4.69, 9.17) is 9.47 Å². The summed E-state index contributed by atoms with van der Waals surface area (Å²) in [5.41, 5.74) is 4.41. The fraction of sp³-hybridized carbons (Fsp3) is 0.200. The SMILES string of the molecule is Cc1cc(C(=O)Nc2nc(-c3ccc4c(c3)OCO4)cs2)c2c(C)nn(C)c2n1. The van der Waals surface area contributed by atoms with Crippen molar-refractivity contribution in [1.29, 1.82) is 0 Å². The minimum absolute atomic E-state index is 0.227. The summed E-state index contributed by atoms with van der Waals surface area (Å²) < 4.78 is 12.5. The molecule has 146 valence electrons. The number of nitrogens with zero attached hydrogens (tertiary/aromatic N) is 4. The average Bonchev–Trinajstić information content (AvgIpc) is 3.40. The molecule has 9 heteroatoms. The van der Waals surface area contributed by atoms with Crippen molar-refractivity contribution in [2.75, 3.05) is 12.1 Å². The molecule has 0 saturated carbocycles. The Kier molecular flexibility index (Phi) is 3.99. The highest BCUT2D eigenvalue weighted by Crippen LogP contribution is 2.36. The molecular formula is C20H17N5O3S. The van der Waals surface area contributed by atoms with Crippen LogP contribution in [0.3, 0.4) is 0 Å². The highest BCUT2D eigenvalue weighted by atomic mass is 32.1. The fourth-order valence-corrected chi connectivity index (χ4v) is 4.15. The highest BCUT2D eigenvalue weighted by molar-refractivity contribution is 7.14. The van der Waals surface area contributed by atoms with E-state index in [2.05, 4.69) is 20.4 Å². The van der Waals surface area contributed by atoms with Crippen molar-refractivity contribution in [2.24, 2.45) is 7.05 Å². The Labute approximate surface area is 170 Å². The van der Waals surface area contributed by atoms with E-state index in [1.807, 2.05) is 44.5 Å². The van der Waals surface area contributed by atoms with Gasteiger partial charge in [0, 0.05) is 23.7 Å². The highest BCUT2D eigenvalue weighted by Gasteiger charge is 2.19. The zero-order chi connectivity index (χ0) is 20.1. The van der Waals surface area contributed by atoms with Crippen molar-refractivity contribution >= 4 is 33.4 Å². The lowest BCUT2D eigenvalue weighted by Crippen LogP contribution is -2.13. The first-order chi connectivity index (χ1) is 14.0. The lowest BCUT2D eigenvalue weighted by atomic mass is 10.1. The number of anilines is 1. The average molecular weight is 407 g/mol. The molecule has 5 rings (SSSR count). The zero-order valence-electron chi connectivity index (χ0n) is 16.0. The lowest BCUT2D eigenvalue weighted by molar-refractivity contribution is 0.102. The molecule has 1 aromatic carbocycles. The van der Waals surface area contributed by atoms with Gasteiger partial charge in [0.2, 0.25) is 6.79 Å². The summed E-state index contributed by atoms with van der Waals surface area (Å²) in [5, 5.41) is 10.5. The van der Waals surface area contributed by atoms with Crippen LogP contribution < -0.4 is 14.8 Å². The summed E-state index contributed by atoms with van der Waals surface area (Å²) in [6.07, 6.45) is 0. The normalized spacial score (nSPS) is 12.5. The molecule has 1 N–H and O–H groups in total. The second-order valence-electron chi connectivity index (χ2n) is 6.78. The molecule has 1 aliphatic heterocycles. The number of hydrogen-bond donors (Lipinski definition) is 1. The van der Waals surface area contributed by atoms with Crippen LogP contribution in [0.4, 0.5) is 5.13 Å². The van der Waals surface area contributed by atoms with Gasteiger partial charge in [-0.2, -0.15) is 5.10 Å². The van der Waals surface area contributed by atoms with Crippen molar-refractivity contribution in [3.05, 3.63) is 46.6 Å². The number of aromatic nitrogens is 4. The van der Waals surface area contributed by atoms with Gasteiger partial charge in [-0.15, -0.1) is 11.3 Å². The van der Waals surface area contributed by atoms with Crippen molar-refractivity contribution in [3.8, 4) is 22.8 Å². The Morgan fingerprint density at radius 1 is 1.17 bits per heavy atom. The van der Waals surface area contributed by atoms with Gasteiger partial charge in [0.1, 0.15) is 0 Å². The lowest BCUT2D eigenvalue weighted by Gasteiger charge is -2.06. The molecule has 0 fully saturated rings. The number of pyridine rings is 1. The van der Waals surface area contributed by atoms with E-state index in [0.717, 1.165) is 33.8 Å². The van der Waals surface area contributed by atoms with E-state index in [1.165, 1.54) is 11.3 Å². The summed E-state index contributed by atoms with van der Waals surface area (Å²) in [6, 6.07) is 7.44. The molecule has 0 unspecified atom stereocenters. The first-order valence-corrected chi connectivity index (χ1v) is 9.85. The molecule has 0 bridgehead atoms. The number of aryl methyl sites for hydroxylation is 3. The fourth-order valence-electron chi connectivity index (χ4n) is 3.43. The van der Waals surface area contributed by atoms with Crippen molar-refractivity contribution in [1.82, 2.24) is 19.7 Å². The van der Waals surface area contributed by atoms with E-state index in [-0.39, 0.29) is 12.7 Å². The van der Waals surface area contributed by atoms with Gasteiger partial charge in [-0.05, 0) is 38.1 Å². The number of thiazole rings is 1. The maximum Gasteiger partial charge on any atom is 0.258 e. The maximum atomic E-state index is 13.0. The van der Waals surface area contributed by atoms with E-state index in [1.54, 1.807) is 10.7 Å². The second kappa shape index (κ2) is 6.56. The monoisotopic (exact) mass is 407 g/mol. The van der Waals surface area contributed by atoms with E-state index >= 15 is 0 Å². The number of benzene rings is 1. The van der Waals surface area contributed by atoms with Gasteiger partial charge in [-0.3, -0.25) is 14.8 Å². The number of hydrogen-bond acceptors (Lipinski definition) is 7. The quantitative estimate of drug-likeness (QED) is 0.557. The van der Waals surface area contributed by atoms with Gasteiger partial charge in [0.25, 0.3) is 5.91 Å². The third-order valence-electron chi connectivity index (χ3n) is 4.73. The molecular weight excluding hydrogens is 390 g/mol. The molecule has 0 saturated heterocycles. The predicted molar refractivity (Wildman–Crippen MR) is 110 cm³/mol. The van der Waals surface area contributed by atoms with Crippen LogP contribution in [0.2, 0.25) is 0 Å². The third kappa shape index (κ3) is 2.99. The molecule has 0 spiro atoms. The van der Waals surface area contributed by atoms with Crippen molar-refractivity contribution in [3.63, 3.8) is 0 Å². The van der Waals surface area contributed by atoms with Gasteiger partial charge >= 0.3 is 0 Å². The minimum atomic E-state index is -0.233. The second-order valence-corrected chi connectivity index (χ2v) is 7.64. The number of amides is 1. The summed E-state index contributed by atoms with van der Waals surface area (Å²) >= 11 is 1.37. The Morgan fingerprint density at radius 2 is 2.00 bits per heavy atom. The first kappa shape index (κ1) is 17.6. The number of nitrogens with one attached hydrogen (secondary N) is 1. The van der Waals surface area contributed by atoms with Crippen LogP contribution in [0.25, 0.3) is 22.3 Å². The van der Waals surface area contributed by atoms with E-state index < -0.39 is 0 Å². The van der Waals surface area contributed by atoms with Gasteiger partial charge in [-0.1, -0.05) is 0 Å². The standard InChI is InChI=1S/C20H17N5O3S/c1-10-6-13(17-11(2)24-25(3)18(17)21-10)19(26)23-20-22-14(8-29-20)12-4-5-15-16(7-12)28-9-27-15/h4-8H,9H2,1-3H3,(H,22,23,26). The Bertz CT molecular complexity index is 1280. The van der Waals surface area contributed by atoms with Crippen LogP contribution in [0.5, 0.6) is 11.5 Å². The number of fused-ring (bicyclic) bond motifs is 2. The maximum absolute atomic E-state index is 13.0. The molecule has 4 aromatic rings. The first-order valence-electron chi connectivity index (χ1n) is 8.97. The number of ether oxygens (including phenoxy) is 2. The molecule has 8 nitrogen and oxygen atoms in total. The summed E-state index contributed by atoms with van der Waals surface area (Å²) in [7, 11) is 1.82. The molecule has 0 radical (unpaired) electrons. The molecule has 3 aromatic heterocycles. The van der Waals surface area contributed by atoms with Crippen molar-refractivity contribution < 1.29 is 14.3 Å². The van der Waals surface area contributed by atoms with E-state index in [9.17, 15) is 4.79 Å². The third-order valence-corrected chi connectivity index (χ3v) is 5.49. The number of rotatable bonds is 3. The zero-order valence-corrected chi connectivity index (χ0v) is 16.8. The number of carbonyl (C=O) groups excluding carboxylic acids is 1. The van der Waals surface area contributed by atoms with Crippen LogP contribution in [0, 0.1) is 13.8 Å². The Morgan fingerprint density at radius 3 is 2.86 bits per heavy atom. The molecule has 4 heterocycles. The smallest absolute Gasteiger partial charge is 0.258 e. The topological polar surface area (TPSA) is 91.2 Å². The van der Waals surface area contributed by atoms with Crippen LogP contribution >= 0.6 is 11.3 Å². The Hall–Kier alpha value is -3.46. The van der Waals surface area contributed by atoms with Gasteiger partial charge in [-0.25, -0.2) is 9.97 Å². The molecule has 1 amide bonds. The summed E-state index contributed by atoms with van der Waals surface area (Å²) in [6.45, 7) is 3.96. The molecule has 1 aliphatic rings. The van der Waals surface area contributed by atoms with E-state index in [0.29, 0.717) is 22.1 Å². The van der Waals surface area contributed by atoms with Crippen LogP contribution in [0.15, 0.2) is 29.6 Å². The van der Waals surface area contributed by atoms with Crippen LogP contribution in [-0.4, -0.2) is 32.4 Å². The van der Waals surface area contributed by atoms with Gasteiger partial charge in [0.05, 0.1) is 22.3 Å².